The number of pyridine rings is 1. The Morgan fingerprint density at radius 1 is 1.20 bits per heavy atom. The Labute approximate surface area is 121 Å². The van der Waals surface area contributed by atoms with Gasteiger partial charge < -0.3 is 5.32 Å². The van der Waals surface area contributed by atoms with Gasteiger partial charge in [-0.25, -0.2) is 0 Å². The predicted octanol–water partition coefficient (Wildman–Crippen LogP) is 4.21. The molecule has 2 heteroatoms. The molecule has 1 aromatic carbocycles. The highest BCUT2D eigenvalue weighted by molar-refractivity contribution is 5.79. The predicted molar refractivity (Wildman–Crippen MR) is 84.8 cm³/mol. The summed E-state index contributed by atoms with van der Waals surface area (Å²) in [6, 6.07) is 10.8. The third kappa shape index (κ3) is 3.01. The maximum Gasteiger partial charge on any atom is 0.0705 e. The van der Waals surface area contributed by atoms with Crippen LogP contribution in [0.1, 0.15) is 43.9 Å². The Morgan fingerprint density at radius 2 is 2.05 bits per heavy atom. The molecule has 0 saturated heterocycles. The zero-order chi connectivity index (χ0) is 14.0. The lowest BCUT2D eigenvalue weighted by atomic mass is 10.0. The average molecular weight is 268 g/mol. The highest BCUT2D eigenvalue weighted by Crippen LogP contribution is 2.48. The summed E-state index contributed by atoms with van der Waals surface area (Å²) < 4.78 is 0. The molecule has 1 N–H and O–H groups in total. The van der Waals surface area contributed by atoms with Gasteiger partial charge in [-0.3, -0.25) is 4.98 Å². The Hall–Kier alpha value is -1.41. The lowest BCUT2D eigenvalue weighted by molar-refractivity contribution is 0.421. The van der Waals surface area contributed by atoms with Gasteiger partial charge >= 0.3 is 0 Å². The number of nitrogens with one attached hydrogen (secondary N) is 1. The molecule has 1 fully saturated rings. The first kappa shape index (κ1) is 13.6. The second kappa shape index (κ2) is 5.53. The molecule has 0 bridgehead atoms. The van der Waals surface area contributed by atoms with E-state index in [4.69, 9.17) is 0 Å². The van der Waals surface area contributed by atoms with Gasteiger partial charge in [0.1, 0.15) is 0 Å². The van der Waals surface area contributed by atoms with E-state index >= 15 is 0 Å². The first-order valence-corrected chi connectivity index (χ1v) is 7.78. The number of rotatable bonds is 6. The normalized spacial score (nSPS) is 16.5. The van der Waals surface area contributed by atoms with Crippen molar-refractivity contribution in [3.05, 3.63) is 41.6 Å². The van der Waals surface area contributed by atoms with Gasteiger partial charge in [0.2, 0.25) is 0 Å². The molecule has 1 aliphatic rings. The molecule has 2 aromatic rings. The number of aromatic nitrogens is 1. The average Bonchev–Trinajstić information content (AvgIpc) is 3.19. The van der Waals surface area contributed by atoms with Gasteiger partial charge in [-0.1, -0.05) is 25.5 Å². The molecule has 0 spiro atoms. The van der Waals surface area contributed by atoms with Crippen LogP contribution in [0, 0.1) is 12.3 Å². The van der Waals surface area contributed by atoms with Gasteiger partial charge in [0.15, 0.2) is 0 Å². The molecule has 3 rings (SSSR count). The fourth-order valence-corrected chi connectivity index (χ4v) is 3.08. The summed E-state index contributed by atoms with van der Waals surface area (Å²) in [5.74, 6) is 0. The van der Waals surface area contributed by atoms with Crippen LogP contribution in [-0.4, -0.2) is 11.5 Å². The highest BCUT2D eigenvalue weighted by atomic mass is 14.9. The van der Waals surface area contributed by atoms with E-state index in [0.29, 0.717) is 5.41 Å². The van der Waals surface area contributed by atoms with Crippen LogP contribution in [0.15, 0.2) is 30.3 Å². The molecule has 0 atom stereocenters. The van der Waals surface area contributed by atoms with Crippen LogP contribution in [0.25, 0.3) is 10.9 Å². The zero-order valence-electron chi connectivity index (χ0n) is 12.6. The molecule has 106 valence electrons. The van der Waals surface area contributed by atoms with Gasteiger partial charge in [0, 0.05) is 24.2 Å². The van der Waals surface area contributed by atoms with Crippen molar-refractivity contribution in [3.8, 4) is 0 Å². The lowest BCUT2D eigenvalue weighted by Crippen LogP contribution is -2.23. The van der Waals surface area contributed by atoms with Crippen LogP contribution in [-0.2, 0) is 6.54 Å². The summed E-state index contributed by atoms with van der Waals surface area (Å²) in [6.07, 6.45) is 5.51. The third-order valence-electron chi connectivity index (χ3n) is 4.46. The fourth-order valence-electron chi connectivity index (χ4n) is 3.08. The molecule has 20 heavy (non-hydrogen) atoms. The largest absolute Gasteiger partial charge is 0.312 e. The van der Waals surface area contributed by atoms with Crippen LogP contribution in [0.4, 0.5) is 0 Å². The zero-order valence-corrected chi connectivity index (χ0v) is 12.6. The van der Waals surface area contributed by atoms with Crippen molar-refractivity contribution in [2.24, 2.45) is 5.41 Å². The minimum Gasteiger partial charge on any atom is -0.312 e. The van der Waals surface area contributed by atoms with Crippen LogP contribution < -0.4 is 5.32 Å². The van der Waals surface area contributed by atoms with Crippen LogP contribution in [0.2, 0.25) is 0 Å². The molecular weight excluding hydrogens is 244 g/mol. The second-order valence-corrected chi connectivity index (χ2v) is 6.33. The van der Waals surface area contributed by atoms with E-state index in [1.54, 1.807) is 0 Å². The van der Waals surface area contributed by atoms with Gasteiger partial charge in [-0.05, 0) is 55.4 Å². The molecule has 1 saturated carbocycles. The lowest BCUT2D eigenvalue weighted by Gasteiger charge is -2.15. The number of nitrogens with zero attached hydrogens (tertiary/aromatic N) is 1. The second-order valence-electron chi connectivity index (χ2n) is 6.33. The SMILES string of the molecule is CCCC1(CNCc2ccc3nc(C)ccc3c2)CC1. The number of aryl methyl sites for hydroxylation is 1. The molecule has 1 aliphatic carbocycles. The highest BCUT2D eigenvalue weighted by Gasteiger charge is 2.40. The van der Waals surface area contributed by atoms with E-state index in [-0.39, 0.29) is 0 Å². The van der Waals surface area contributed by atoms with E-state index in [2.05, 4.69) is 47.6 Å². The van der Waals surface area contributed by atoms with Crippen LogP contribution in [0.3, 0.4) is 0 Å². The van der Waals surface area contributed by atoms with Crippen LogP contribution in [0.5, 0.6) is 0 Å². The van der Waals surface area contributed by atoms with E-state index in [0.717, 1.165) is 17.8 Å². The maximum atomic E-state index is 4.55. The summed E-state index contributed by atoms with van der Waals surface area (Å²) in [6.45, 7) is 6.47. The summed E-state index contributed by atoms with van der Waals surface area (Å²) in [4.78, 5) is 4.55. The van der Waals surface area contributed by atoms with E-state index in [1.165, 1.54) is 43.2 Å². The number of benzene rings is 1. The molecular formula is C18H24N2. The molecule has 0 amide bonds. The summed E-state index contributed by atoms with van der Waals surface area (Å²) in [7, 11) is 0. The Balaban J connectivity index is 1.62. The summed E-state index contributed by atoms with van der Waals surface area (Å²) in [5, 5.41) is 4.89. The van der Waals surface area contributed by atoms with Gasteiger partial charge in [-0.15, -0.1) is 0 Å². The maximum absolute atomic E-state index is 4.55. The monoisotopic (exact) mass is 268 g/mol. The first-order chi connectivity index (χ1) is 9.71. The Bertz CT molecular complexity index is 599. The smallest absolute Gasteiger partial charge is 0.0705 e. The number of hydrogen-bond donors (Lipinski definition) is 1. The molecule has 0 radical (unpaired) electrons. The third-order valence-corrected chi connectivity index (χ3v) is 4.46. The molecule has 1 heterocycles. The topological polar surface area (TPSA) is 24.9 Å². The van der Waals surface area contributed by atoms with Crippen molar-refractivity contribution in [1.82, 2.24) is 10.3 Å². The molecule has 0 aliphatic heterocycles. The minimum absolute atomic E-state index is 0.629. The van der Waals surface area contributed by atoms with Crippen molar-refractivity contribution in [3.63, 3.8) is 0 Å². The molecule has 1 aromatic heterocycles. The van der Waals surface area contributed by atoms with Crippen molar-refractivity contribution in [2.75, 3.05) is 6.54 Å². The summed E-state index contributed by atoms with van der Waals surface area (Å²) >= 11 is 0. The standard InChI is InChI=1S/C18H24N2/c1-3-8-18(9-10-18)13-19-12-15-5-7-17-16(11-15)6-4-14(2)20-17/h4-7,11,19H,3,8-10,12-13H2,1-2H3. The Morgan fingerprint density at radius 3 is 2.80 bits per heavy atom. The van der Waals surface area contributed by atoms with Gasteiger partial charge in [0.05, 0.1) is 5.52 Å². The van der Waals surface area contributed by atoms with E-state index < -0.39 is 0 Å². The van der Waals surface area contributed by atoms with E-state index in [1.807, 2.05) is 6.92 Å². The van der Waals surface area contributed by atoms with Crippen LogP contribution >= 0.6 is 0 Å². The van der Waals surface area contributed by atoms with Gasteiger partial charge in [-0.2, -0.15) is 0 Å². The first-order valence-electron chi connectivity index (χ1n) is 7.78. The number of hydrogen-bond acceptors (Lipinski definition) is 2. The molecule has 2 nitrogen and oxygen atoms in total. The van der Waals surface area contributed by atoms with Crippen molar-refractivity contribution < 1.29 is 0 Å². The Kier molecular flexibility index (Phi) is 3.75. The van der Waals surface area contributed by atoms with Crippen molar-refractivity contribution in [2.45, 2.75) is 46.1 Å². The summed E-state index contributed by atoms with van der Waals surface area (Å²) in [5.41, 5.74) is 4.16. The van der Waals surface area contributed by atoms with E-state index in [9.17, 15) is 0 Å². The minimum atomic E-state index is 0.629. The number of fused-ring (bicyclic) bond motifs is 1. The fraction of sp³-hybridized carbons (Fsp3) is 0.500. The molecule has 0 unspecified atom stereocenters. The van der Waals surface area contributed by atoms with Gasteiger partial charge in [0.25, 0.3) is 0 Å². The van der Waals surface area contributed by atoms with Crippen molar-refractivity contribution >= 4 is 10.9 Å². The quantitative estimate of drug-likeness (QED) is 0.848. The van der Waals surface area contributed by atoms with Crippen molar-refractivity contribution in [1.29, 1.82) is 0 Å².